The summed E-state index contributed by atoms with van der Waals surface area (Å²) in [5.41, 5.74) is 0. The Morgan fingerprint density at radius 1 is 1.38 bits per heavy atom. The zero-order chi connectivity index (χ0) is 12.0. The van der Waals surface area contributed by atoms with Gasteiger partial charge in [-0.05, 0) is 33.4 Å². The van der Waals surface area contributed by atoms with E-state index in [1.54, 1.807) is 7.11 Å². The van der Waals surface area contributed by atoms with Gasteiger partial charge in [0.1, 0.15) is 0 Å². The van der Waals surface area contributed by atoms with E-state index in [0.29, 0.717) is 18.1 Å². The van der Waals surface area contributed by atoms with Crippen LogP contribution in [0.25, 0.3) is 0 Å². The molecular formula is C13H28N2O. The van der Waals surface area contributed by atoms with Crippen LogP contribution in [0.15, 0.2) is 0 Å². The highest BCUT2D eigenvalue weighted by molar-refractivity contribution is 4.88. The molecule has 1 rings (SSSR count). The highest BCUT2D eigenvalue weighted by Crippen LogP contribution is 2.23. The fourth-order valence-electron chi connectivity index (χ4n) is 2.78. The number of rotatable bonds is 6. The number of hydrogen-bond donors (Lipinski definition) is 1. The Morgan fingerprint density at radius 2 is 2.06 bits per heavy atom. The van der Waals surface area contributed by atoms with Gasteiger partial charge in [0.2, 0.25) is 0 Å². The van der Waals surface area contributed by atoms with E-state index in [1.165, 1.54) is 25.7 Å². The third kappa shape index (κ3) is 3.72. The highest BCUT2D eigenvalue weighted by atomic mass is 16.5. The van der Waals surface area contributed by atoms with E-state index in [1.807, 2.05) is 0 Å². The van der Waals surface area contributed by atoms with Gasteiger partial charge in [-0.2, -0.15) is 0 Å². The van der Waals surface area contributed by atoms with Gasteiger partial charge in [0.05, 0.1) is 6.61 Å². The second-order valence-corrected chi connectivity index (χ2v) is 4.99. The molecule has 1 N–H and O–H groups in total. The summed E-state index contributed by atoms with van der Waals surface area (Å²) in [6, 6.07) is 1.86. The minimum absolute atomic E-state index is 0.509. The van der Waals surface area contributed by atoms with Crippen LogP contribution in [-0.4, -0.2) is 50.3 Å². The van der Waals surface area contributed by atoms with E-state index >= 15 is 0 Å². The maximum absolute atomic E-state index is 5.25. The van der Waals surface area contributed by atoms with Crippen molar-refractivity contribution in [1.82, 2.24) is 10.2 Å². The normalized spacial score (nSPS) is 28.3. The molecule has 1 aliphatic carbocycles. The summed E-state index contributed by atoms with van der Waals surface area (Å²) in [6.07, 6.45) is 5.39. The molecule has 3 atom stereocenters. The number of methoxy groups -OCH3 is 1. The first-order valence-corrected chi connectivity index (χ1v) is 6.65. The maximum Gasteiger partial charge on any atom is 0.0615 e. The number of nitrogens with one attached hydrogen (secondary N) is 1. The summed E-state index contributed by atoms with van der Waals surface area (Å²) in [7, 11) is 4.02. The van der Waals surface area contributed by atoms with Crippen LogP contribution in [-0.2, 0) is 4.74 Å². The topological polar surface area (TPSA) is 24.5 Å². The fourth-order valence-corrected chi connectivity index (χ4v) is 2.78. The van der Waals surface area contributed by atoms with Gasteiger partial charge < -0.3 is 10.1 Å². The molecule has 0 heterocycles. The van der Waals surface area contributed by atoms with Gasteiger partial charge in [0.15, 0.2) is 0 Å². The molecule has 0 aromatic carbocycles. The van der Waals surface area contributed by atoms with E-state index in [0.717, 1.165) is 13.2 Å². The van der Waals surface area contributed by atoms with Crippen LogP contribution in [0.1, 0.15) is 39.5 Å². The maximum atomic E-state index is 5.25. The fraction of sp³-hybridized carbons (Fsp3) is 1.00. The molecule has 0 bridgehead atoms. The molecule has 1 saturated carbocycles. The molecule has 1 fully saturated rings. The Labute approximate surface area is 101 Å². The molecule has 0 aromatic heterocycles. The van der Waals surface area contributed by atoms with Gasteiger partial charge in [0, 0.05) is 25.2 Å². The van der Waals surface area contributed by atoms with Crippen molar-refractivity contribution in [2.24, 2.45) is 0 Å². The molecule has 0 saturated heterocycles. The predicted octanol–water partition coefficient (Wildman–Crippen LogP) is 1.87. The SMILES string of the molecule is CCNC1CCCCC1N(C)C(C)COC. The van der Waals surface area contributed by atoms with Crippen molar-refractivity contribution < 1.29 is 4.74 Å². The molecule has 96 valence electrons. The first-order chi connectivity index (χ1) is 7.70. The minimum atomic E-state index is 0.509. The predicted molar refractivity (Wildman–Crippen MR) is 68.8 cm³/mol. The number of nitrogens with zero attached hydrogens (tertiary/aromatic N) is 1. The van der Waals surface area contributed by atoms with Gasteiger partial charge in [0.25, 0.3) is 0 Å². The van der Waals surface area contributed by atoms with Crippen LogP contribution in [0.5, 0.6) is 0 Å². The molecule has 3 heteroatoms. The summed E-state index contributed by atoms with van der Waals surface area (Å²) in [5.74, 6) is 0. The van der Waals surface area contributed by atoms with Crippen LogP contribution >= 0.6 is 0 Å². The Hall–Kier alpha value is -0.120. The summed E-state index contributed by atoms with van der Waals surface area (Å²) < 4.78 is 5.25. The Balaban J connectivity index is 2.52. The lowest BCUT2D eigenvalue weighted by molar-refractivity contribution is 0.0611. The zero-order valence-corrected chi connectivity index (χ0v) is 11.3. The first kappa shape index (κ1) is 13.9. The van der Waals surface area contributed by atoms with Crippen molar-refractivity contribution in [3.8, 4) is 0 Å². The van der Waals surface area contributed by atoms with E-state index in [-0.39, 0.29) is 0 Å². The van der Waals surface area contributed by atoms with E-state index in [4.69, 9.17) is 4.74 Å². The van der Waals surface area contributed by atoms with Crippen molar-refractivity contribution >= 4 is 0 Å². The Kier molecular flexibility index (Phi) is 6.32. The first-order valence-electron chi connectivity index (χ1n) is 6.65. The molecule has 3 nitrogen and oxygen atoms in total. The third-order valence-corrected chi connectivity index (χ3v) is 3.82. The van der Waals surface area contributed by atoms with Gasteiger partial charge in [-0.15, -0.1) is 0 Å². The van der Waals surface area contributed by atoms with Crippen LogP contribution in [0.4, 0.5) is 0 Å². The largest absolute Gasteiger partial charge is 0.383 e. The second-order valence-electron chi connectivity index (χ2n) is 4.99. The van der Waals surface area contributed by atoms with E-state index in [2.05, 4.69) is 31.1 Å². The molecule has 3 unspecified atom stereocenters. The number of hydrogen-bond acceptors (Lipinski definition) is 3. The lowest BCUT2D eigenvalue weighted by atomic mass is 9.88. The Bertz CT molecular complexity index is 185. The van der Waals surface area contributed by atoms with Crippen molar-refractivity contribution in [3.63, 3.8) is 0 Å². The summed E-state index contributed by atoms with van der Waals surface area (Å²) >= 11 is 0. The van der Waals surface area contributed by atoms with Crippen molar-refractivity contribution in [1.29, 1.82) is 0 Å². The molecule has 0 aromatic rings. The Morgan fingerprint density at radius 3 is 2.69 bits per heavy atom. The molecule has 0 amide bonds. The third-order valence-electron chi connectivity index (χ3n) is 3.82. The quantitative estimate of drug-likeness (QED) is 0.751. The zero-order valence-electron chi connectivity index (χ0n) is 11.3. The molecule has 0 spiro atoms. The second kappa shape index (κ2) is 7.25. The monoisotopic (exact) mass is 228 g/mol. The number of likely N-dealkylation sites (N-methyl/N-ethyl adjacent to an activating group) is 2. The summed E-state index contributed by atoms with van der Waals surface area (Å²) in [6.45, 7) is 6.35. The van der Waals surface area contributed by atoms with Crippen LogP contribution in [0, 0.1) is 0 Å². The highest BCUT2D eigenvalue weighted by Gasteiger charge is 2.29. The lowest BCUT2D eigenvalue weighted by Crippen LogP contribution is -2.53. The smallest absolute Gasteiger partial charge is 0.0615 e. The molecule has 1 aliphatic rings. The van der Waals surface area contributed by atoms with Crippen molar-refractivity contribution in [2.75, 3.05) is 27.3 Å². The van der Waals surface area contributed by atoms with Gasteiger partial charge in [-0.25, -0.2) is 0 Å². The molecule has 0 aliphatic heterocycles. The van der Waals surface area contributed by atoms with Gasteiger partial charge in [-0.3, -0.25) is 4.90 Å². The van der Waals surface area contributed by atoms with Crippen LogP contribution < -0.4 is 5.32 Å². The van der Waals surface area contributed by atoms with E-state index < -0.39 is 0 Å². The molecule has 0 radical (unpaired) electrons. The lowest BCUT2D eigenvalue weighted by Gasteiger charge is -2.41. The molecular weight excluding hydrogens is 200 g/mol. The molecule has 16 heavy (non-hydrogen) atoms. The number of ether oxygens (including phenoxy) is 1. The average molecular weight is 228 g/mol. The van der Waals surface area contributed by atoms with E-state index in [9.17, 15) is 0 Å². The van der Waals surface area contributed by atoms with Gasteiger partial charge in [-0.1, -0.05) is 19.8 Å². The average Bonchev–Trinajstić information content (AvgIpc) is 2.29. The summed E-state index contributed by atoms with van der Waals surface area (Å²) in [5, 5.41) is 3.63. The standard InChI is InChI=1S/C13H28N2O/c1-5-14-12-8-6-7-9-13(12)15(3)11(2)10-16-4/h11-14H,5-10H2,1-4H3. The summed E-state index contributed by atoms with van der Waals surface area (Å²) in [4.78, 5) is 2.50. The van der Waals surface area contributed by atoms with Crippen molar-refractivity contribution in [3.05, 3.63) is 0 Å². The minimum Gasteiger partial charge on any atom is -0.383 e. The van der Waals surface area contributed by atoms with Gasteiger partial charge >= 0.3 is 0 Å². The van der Waals surface area contributed by atoms with Crippen molar-refractivity contribution in [2.45, 2.75) is 57.7 Å². The van der Waals surface area contributed by atoms with Crippen LogP contribution in [0.2, 0.25) is 0 Å². The van der Waals surface area contributed by atoms with Crippen LogP contribution in [0.3, 0.4) is 0 Å².